The smallest absolute Gasteiger partial charge is 0.236 e. The van der Waals surface area contributed by atoms with Crippen molar-refractivity contribution in [3.63, 3.8) is 0 Å². The van der Waals surface area contributed by atoms with Gasteiger partial charge in [0, 0.05) is 25.7 Å². The van der Waals surface area contributed by atoms with Crippen molar-refractivity contribution in [1.82, 2.24) is 0 Å². The molecule has 0 aliphatic rings. The molecule has 0 aromatic carbocycles. The van der Waals surface area contributed by atoms with Crippen LogP contribution in [0.15, 0.2) is 0 Å². The molecular formula is C9H14N2O6. The summed E-state index contributed by atoms with van der Waals surface area (Å²) >= 11 is 0. The quantitative estimate of drug-likeness (QED) is 0.315. The Morgan fingerprint density at radius 1 is 0.882 bits per heavy atom. The van der Waals surface area contributed by atoms with Gasteiger partial charge >= 0.3 is 0 Å². The minimum Gasteiger partial charge on any atom is -0.368 e. The second-order valence-corrected chi connectivity index (χ2v) is 2.89. The second-order valence-electron chi connectivity index (χ2n) is 2.89. The van der Waals surface area contributed by atoms with Gasteiger partial charge in [-0.15, -0.1) is 0 Å². The van der Waals surface area contributed by atoms with Gasteiger partial charge in [0.1, 0.15) is 0 Å². The first-order chi connectivity index (χ1) is 8.24. The Morgan fingerprint density at radius 2 is 1.29 bits per heavy atom. The first kappa shape index (κ1) is 15.7. The third kappa shape index (κ3) is 6.81. The van der Waals surface area contributed by atoms with Gasteiger partial charge in [-0.1, -0.05) is 0 Å². The van der Waals surface area contributed by atoms with E-state index in [1.54, 1.807) is 0 Å². The molecule has 17 heavy (non-hydrogen) atoms. The van der Waals surface area contributed by atoms with Crippen LogP contribution in [0.4, 0.5) is 0 Å². The van der Waals surface area contributed by atoms with Crippen molar-refractivity contribution in [3.05, 3.63) is 0 Å². The molecule has 0 aromatic rings. The fourth-order valence-electron chi connectivity index (χ4n) is 1.07. The van der Waals surface area contributed by atoms with E-state index in [4.69, 9.17) is 30.5 Å². The molecule has 0 heterocycles. The number of aliphatic hydroxyl groups excluding tert-OH is 2. The lowest BCUT2D eigenvalue weighted by molar-refractivity contribution is -0.529. The highest BCUT2D eigenvalue weighted by Gasteiger charge is 2.35. The van der Waals surface area contributed by atoms with E-state index in [0.29, 0.717) is 0 Å². The van der Waals surface area contributed by atoms with E-state index < -0.39 is 19.4 Å². The lowest BCUT2D eigenvalue weighted by Gasteiger charge is -2.28. The Bertz CT molecular complexity index is 244. The van der Waals surface area contributed by atoms with Crippen LogP contribution in [0.5, 0.6) is 0 Å². The summed E-state index contributed by atoms with van der Waals surface area (Å²) in [5.41, 5.74) is 0. The first-order valence-electron chi connectivity index (χ1n) is 4.81. The largest absolute Gasteiger partial charge is 0.368 e. The number of nitrogens with zero attached hydrogens (tertiary/aromatic N) is 2. The molecule has 2 N–H and O–H groups in total. The molecule has 96 valence electrons. The lowest BCUT2D eigenvalue weighted by atomic mass is 10.1. The summed E-state index contributed by atoms with van der Waals surface area (Å²) < 4.78 is 0. The number of aliphatic hydroxyl groups is 2. The SMILES string of the molecule is N#CCCC(CCC#N)(OOCO)OOCO. The molecule has 0 fully saturated rings. The number of hydrogen-bond acceptors (Lipinski definition) is 8. The topological polar surface area (TPSA) is 125 Å². The summed E-state index contributed by atoms with van der Waals surface area (Å²) in [5, 5.41) is 34.0. The van der Waals surface area contributed by atoms with Gasteiger partial charge in [0.2, 0.25) is 5.79 Å². The van der Waals surface area contributed by atoms with E-state index in [0.717, 1.165) is 0 Å². The van der Waals surface area contributed by atoms with Gasteiger partial charge < -0.3 is 10.2 Å². The molecule has 0 rings (SSSR count). The first-order valence-corrected chi connectivity index (χ1v) is 4.81. The number of hydrogen-bond donors (Lipinski definition) is 2. The molecule has 0 saturated carbocycles. The summed E-state index contributed by atoms with van der Waals surface area (Å²) in [7, 11) is 0. The zero-order valence-electron chi connectivity index (χ0n) is 9.16. The van der Waals surface area contributed by atoms with Gasteiger partial charge in [0.05, 0.1) is 12.1 Å². The van der Waals surface area contributed by atoms with Gasteiger partial charge in [-0.2, -0.15) is 20.3 Å². The van der Waals surface area contributed by atoms with E-state index in [2.05, 4.69) is 9.78 Å². The number of rotatable bonds is 10. The highest BCUT2D eigenvalue weighted by atomic mass is 17.3. The van der Waals surface area contributed by atoms with E-state index in [9.17, 15) is 0 Å². The normalized spacial score (nSPS) is 10.8. The average molecular weight is 246 g/mol. The molecule has 8 heteroatoms. The minimum atomic E-state index is -1.50. The summed E-state index contributed by atoms with van der Waals surface area (Å²) in [6.45, 7) is -1.44. The fourth-order valence-corrected chi connectivity index (χ4v) is 1.07. The Kier molecular flexibility index (Phi) is 9.19. The molecule has 0 atom stereocenters. The van der Waals surface area contributed by atoms with E-state index in [1.807, 2.05) is 12.1 Å². The van der Waals surface area contributed by atoms with Crippen molar-refractivity contribution >= 4 is 0 Å². The van der Waals surface area contributed by atoms with Gasteiger partial charge in [-0.25, -0.2) is 9.78 Å². The van der Waals surface area contributed by atoms with Crippen molar-refractivity contribution in [2.75, 3.05) is 13.6 Å². The Morgan fingerprint density at radius 3 is 1.59 bits per heavy atom. The highest BCUT2D eigenvalue weighted by Crippen LogP contribution is 2.26. The molecule has 0 amide bonds. The van der Waals surface area contributed by atoms with Gasteiger partial charge in [-0.05, 0) is 0 Å². The lowest BCUT2D eigenvalue weighted by Crippen LogP contribution is -2.36. The molecule has 0 unspecified atom stereocenters. The maximum atomic E-state index is 8.50. The monoisotopic (exact) mass is 246 g/mol. The zero-order chi connectivity index (χ0) is 13.0. The summed E-state index contributed by atoms with van der Waals surface area (Å²) in [5.74, 6) is -1.50. The van der Waals surface area contributed by atoms with E-state index in [1.165, 1.54) is 0 Å². The Balaban J connectivity index is 4.53. The van der Waals surface area contributed by atoms with E-state index >= 15 is 0 Å². The van der Waals surface area contributed by atoms with Crippen molar-refractivity contribution in [2.45, 2.75) is 31.5 Å². The second kappa shape index (κ2) is 9.93. The van der Waals surface area contributed by atoms with Crippen molar-refractivity contribution in [1.29, 1.82) is 10.5 Å². The van der Waals surface area contributed by atoms with E-state index in [-0.39, 0.29) is 25.7 Å². The molecule has 0 bridgehead atoms. The maximum Gasteiger partial charge on any atom is 0.236 e. The van der Waals surface area contributed by atoms with Gasteiger partial charge in [0.15, 0.2) is 13.6 Å². The van der Waals surface area contributed by atoms with Gasteiger partial charge in [0.25, 0.3) is 0 Å². The third-order valence-electron chi connectivity index (χ3n) is 1.76. The fraction of sp³-hybridized carbons (Fsp3) is 0.778. The summed E-state index contributed by atoms with van der Waals surface area (Å²) in [6.07, 6.45) is 0.250. The Labute approximate surface area is 98.3 Å². The van der Waals surface area contributed by atoms with Crippen LogP contribution in [-0.2, 0) is 19.6 Å². The molecule has 0 radical (unpaired) electrons. The van der Waals surface area contributed by atoms with Crippen LogP contribution >= 0.6 is 0 Å². The molecule has 0 aliphatic carbocycles. The summed E-state index contributed by atoms with van der Waals surface area (Å²) in [6, 6.07) is 3.75. The molecule has 0 aliphatic heterocycles. The van der Waals surface area contributed by atoms with Gasteiger partial charge in [-0.3, -0.25) is 0 Å². The maximum absolute atomic E-state index is 8.50. The predicted molar refractivity (Wildman–Crippen MR) is 50.9 cm³/mol. The van der Waals surface area contributed by atoms with Crippen LogP contribution in [0.1, 0.15) is 25.7 Å². The van der Waals surface area contributed by atoms with Crippen molar-refractivity contribution in [3.8, 4) is 12.1 Å². The predicted octanol–water partition coefficient (Wildman–Crippen LogP) is 0.0863. The van der Waals surface area contributed by atoms with Crippen LogP contribution in [0.3, 0.4) is 0 Å². The van der Waals surface area contributed by atoms with Crippen LogP contribution < -0.4 is 0 Å². The highest BCUT2D eigenvalue weighted by molar-refractivity contribution is 4.81. The third-order valence-corrected chi connectivity index (χ3v) is 1.76. The Hall–Kier alpha value is -1.26. The van der Waals surface area contributed by atoms with Crippen molar-refractivity contribution in [2.24, 2.45) is 0 Å². The summed E-state index contributed by atoms with van der Waals surface area (Å²) in [4.78, 5) is 18.2. The minimum absolute atomic E-state index is 0.0607. The zero-order valence-corrected chi connectivity index (χ0v) is 9.16. The molecule has 0 aromatic heterocycles. The van der Waals surface area contributed by atoms with Crippen LogP contribution in [0.2, 0.25) is 0 Å². The molecule has 0 saturated heterocycles. The van der Waals surface area contributed by atoms with Crippen LogP contribution in [0.25, 0.3) is 0 Å². The van der Waals surface area contributed by atoms with Crippen LogP contribution in [0, 0.1) is 22.7 Å². The molecule has 0 spiro atoms. The number of nitriles is 2. The van der Waals surface area contributed by atoms with Crippen LogP contribution in [-0.4, -0.2) is 29.6 Å². The molecular weight excluding hydrogens is 232 g/mol. The van der Waals surface area contributed by atoms with Crippen molar-refractivity contribution < 1.29 is 29.8 Å². The standard InChI is InChI=1S/C9H14N2O6/c10-5-1-3-9(4-2-6-11,16-14-7-12)17-15-8-13/h12-13H,1-4,7-8H2. The molecule has 8 nitrogen and oxygen atoms in total. The average Bonchev–Trinajstić information content (AvgIpc) is 2.37.